The Labute approximate surface area is 93.5 Å². The molecule has 0 aliphatic heterocycles. The second kappa shape index (κ2) is 3.84. The molecule has 1 aliphatic rings. The maximum absolute atomic E-state index is 11.2. The van der Waals surface area contributed by atoms with E-state index in [-0.39, 0.29) is 15.9 Å². The van der Waals surface area contributed by atoms with Crippen LogP contribution < -0.4 is 5.73 Å². The van der Waals surface area contributed by atoms with E-state index in [1.165, 1.54) is 6.08 Å². The summed E-state index contributed by atoms with van der Waals surface area (Å²) in [6.07, 6.45) is 1.99. The third kappa shape index (κ3) is 2.43. The van der Waals surface area contributed by atoms with Crippen molar-refractivity contribution in [1.82, 2.24) is 0 Å². The number of primary amides is 1. The first-order valence-electron chi connectivity index (χ1n) is 3.66. The van der Waals surface area contributed by atoms with E-state index in [1.54, 1.807) is 0 Å². The third-order valence-corrected chi connectivity index (χ3v) is 2.51. The highest BCUT2D eigenvalue weighted by atomic mass is 79.9. The van der Waals surface area contributed by atoms with Crippen molar-refractivity contribution in [2.24, 2.45) is 5.73 Å². The molecule has 1 rings (SSSR count). The molecular weight excluding hydrogens is 273 g/mol. The topological polar surface area (TPSA) is 80.4 Å². The molecule has 4 nitrogen and oxygen atoms in total. The summed E-state index contributed by atoms with van der Waals surface area (Å²) in [6, 6.07) is 0. The number of ketones is 1. The van der Waals surface area contributed by atoms with E-state index < -0.39 is 17.3 Å². The molecule has 0 unspecified atom stereocenters. The van der Waals surface area contributed by atoms with Crippen molar-refractivity contribution in [1.29, 1.82) is 0 Å². The smallest absolute Gasteiger partial charge is 0.220 e. The summed E-state index contributed by atoms with van der Waals surface area (Å²) in [7, 11) is 0. The Morgan fingerprint density at radius 3 is 2.64 bits per heavy atom. The van der Waals surface area contributed by atoms with Gasteiger partial charge in [-0.1, -0.05) is 11.6 Å². The van der Waals surface area contributed by atoms with Gasteiger partial charge < -0.3 is 10.8 Å². The fraction of sp³-hybridized carbons (Fsp3) is 0.250. The van der Waals surface area contributed by atoms with Crippen LogP contribution in [0.25, 0.3) is 0 Å². The number of aliphatic hydroxyl groups is 1. The Bertz CT molecular complexity index is 340. The van der Waals surface area contributed by atoms with Gasteiger partial charge in [0.1, 0.15) is 5.60 Å². The molecule has 6 heteroatoms. The Morgan fingerprint density at radius 1 is 1.64 bits per heavy atom. The van der Waals surface area contributed by atoms with E-state index >= 15 is 0 Å². The quantitative estimate of drug-likeness (QED) is 0.776. The number of Topliss-reactive ketones (excluding diaryl/α,β-unsaturated/α-hetero) is 1. The Balaban J connectivity index is 3.02. The van der Waals surface area contributed by atoms with Crippen LogP contribution in [0.2, 0.25) is 0 Å². The summed E-state index contributed by atoms with van der Waals surface area (Å²) in [5, 5.41) is 9.64. The van der Waals surface area contributed by atoms with Crippen molar-refractivity contribution in [3.8, 4) is 0 Å². The third-order valence-electron chi connectivity index (χ3n) is 1.64. The van der Waals surface area contributed by atoms with Crippen LogP contribution >= 0.6 is 27.5 Å². The minimum absolute atomic E-state index is 0.119. The zero-order valence-corrected chi connectivity index (χ0v) is 9.30. The second-order valence-corrected chi connectivity index (χ2v) is 4.21. The lowest BCUT2D eigenvalue weighted by Crippen LogP contribution is -2.33. The van der Waals surface area contributed by atoms with Crippen molar-refractivity contribution in [3.05, 3.63) is 21.7 Å². The van der Waals surface area contributed by atoms with Gasteiger partial charge in [-0.2, -0.15) is 0 Å². The SMILES string of the molecule is NC(=O)C[C@@]1(O)C=C(Cl)C(=O)C(Br)=C1. The molecule has 0 aromatic rings. The summed E-state index contributed by atoms with van der Waals surface area (Å²) in [5.41, 5.74) is 3.36. The predicted octanol–water partition coefficient (Wildman–Crippen LogP) is 0.577. The molecule has 14 heavy (non-hydrogen) atoms. The van der Waals surface area contributed by atoms with Crippen LogP contribution in [0.5, 0.6) is 0 Å². The van der Waals surface area contributed by atoms with E-state index in [4.69, 9.17) is 17.3 Å². The number of hydrogen-bond donors (Lipinski definition) is 2. The largest absolute Gasteiger partial charge is 0.381 e. The summed E-state index contributed by atoms with van der Waals surface area (Å²) in [4.78, 5) is 21.8. The lowest BCUT2D eigenvalue weighted by molar-refractivity contribution is -0.120. The van der Waals surface area contributed by atoms with Gasteiger partial charge in [0, 0.05) is 0 Å². The van der Waals surface area contributed by atoms with Gasteiger partial charge in [-0.05, 0) is 28.1 Å². The molecule has 0 aromatic carbocycles. The van der Waals surface area contributed by atoms with E-state index in [0.717, 1.165) is 6.08 Å². The number of nitrogens with two attached hydrogens (primary N) is 1. The maximum atomic E-state index is 11.2. The first kappa shape index (κ1) is 11.4. The number of rotatable bonds is 2. The molecule has 1 atom stereocenters. The number of hydrogen-bond acceptors (Lipinski definition) is 3. The van der Waals surface area contributed by atoms with Crippen molar-refractivity contribution in [2.75, 3.05) is 0 Å². The highest BCUT2D eigenvalue weighted by Gasteiger charge is 2.32. The van der Waals surface area contributed by atoms with Gasteiger partial charge in [-0.25, -0.2) is 0 Å². The molecule has 0 saturated carbocycles. The molecular formula is C8H7BrClNO3. The Morgan fingerprint density at radius 2 is 2.21 bits per heavy atom. The van der Waals surface area contributed by atoms with Gasteiger partial charge >= 0.3 is 0 Å². The van der Waals surface area contributed by atoms with Crippen LogP contribution in [0.1, 0.15) is 6.42 Å². The van der Waals surface area contributed by atoms with E-state index in [0.29, 0.717) is 0 Å². The maximum Gasteiger partial charge on any atom is 0.220 e. The average Bonchev–Trinajstić information content (AvgIpc) is 1.97. The van der Waals surface area contributed by atoms with Crippen LogP contribution in [0.15, 0.2) is 21.7 Å². The molecule has 0 spiro atoms. The van der Waals surface area contributed by atoms with Gasteiger partial charge in [-0.15, -0.1) is 0 Å². The lowest BCUT2D eigenvalue weighted by atomic mass is 9.93. The summed E-state index contributed by atoms with van der Waals surface area (Å²) in [6.45, 7) is 0. The predicted molar refractivity (Wildman–Crippen MR) is 54.7 cm³/mol. The van der Waals surface area contributed by atoms with Gasteiger partial charge in [0.15, 0.2) is 0 Å². The highest BCUT2D eigenvalue weighted by Crippen LogP contribution is 2.30. The molecule has 0 heterocycles. The standard InChI is InChI=1S/C8H7BrClNO3/c9-4-1-8(14,3-6(11)12)2-5(10)7(4)13/h1-2,14H,3H2,(H2,11,12)/t8-/m0/s1. The molecule has 3 N–H and O–H groups in total. The van der Waals surface area contributed by atoms with Gasteiger partial charge in [0.05, 0.1) is 15.9 Å². The summed E-state index contributed by atoms with van der Waals surface area (Å²) in [5.74, 6) is -1.11. The summed E-state index contributed by atoms with van der Waals surface area (Å²) < 4.78 is 0.119. The molecule has 0 bridgehead atoms. The van der Waals surface area contributed by atoms with Gasteiger partial charge in [0.2, 0.25) is 11.7 Å². The first-order chi connectivity index (χ1) is 6.34. The van der Waals surface area contributed by atoms with E-state index in [1.807, 2.05) is 0 Å². The van der Waals surface area contributed by atoms with Gasteiger partial charge in [-0.3, -0.25) is 9.59 Å². The Kier molecular flexibility index (Phi) is 3.14. The number of amides is 1. The minimum atomic E-state index is -1.57. The van der Waals surface area contributed by atoms with Crippen LogP contribution in [-0.2, 0) is 9.59 Å². The van der Waals surface area contributed by atoms with Crippen molar-refractivity contribution >= 4 is 39.2 Å². The van der Waals surface area contributed by atoms with Crippen LogP contribution in [0.3, 0.4) is 0 Å². The fourth-order valence-corrected chi connectivity index (χ4v) is 2.12. The van der Waals surface area contributed by atoms with Crippen LogP contribution in [0.4, 0.5) is 0 Å². The molecule has 0 saturated heterocycles. The van der Waals surface area contributed by atoms with Crippen molar-refractivity contribution in [2.45, 2.75) is 12.0 Å². The average molecular weight is 281 g/mol. The monoisotopic (exact) mass is 279 g/mol. The summed E-state index contributed by atoms with van der Waals surface area (Å²) >= 11 is 8.49. The van der Waals surface area contributed by atoms with Crippen molar-refractivity contribution < 1.29 is 14.7 Å². The lowest BCUT2D eigenvalue weighted by Gasteiger charge is -2.23. The molecule has 0 aromatic heterocycles. The Hall–Kier alpha value is -0.650. The molecule has 1 aliphatic carbocycles. The normalized spacial score (nSPS) is 26.9. The zero-order chi connectivity index (χ0) is 10.9. The zero-order valence-electron chi connectivity index (χ0n) is 6.96. The molecule has 76 valence electrons. The van der Waals surface area contributed by atoms with Gasteiger partial charge in [0.25, 0.3) is 0 Å². The number of carbonyl (C=O) groups is 2. The molecule has 1 amide bonds. The highest BCUT2D eigenvalue weighted by molar-refractivity contribution is 9.12. The van der Waals surface area contributed by atoms with E-state index in [9.17, 15) is 14.7 Å². The second-order valence-electron chi connectivity index (χ2n) is 2.95. The molecule has 0 fully saturated rings. The molecule has 0 radical (unpaired) electrons. The van der Waals surface area contributed by atoms with Crippen molar-refractivity contribution in [3.63, 3.8) is 0 Å². The van der Waals surface area contributed by atoms with Crippen LogP contribution in [0, 0.1) is 0 Å². The van der Waals surface area contributed by atoms with Crippen LogP contribution in [-0.4, -0.2) is 22.4 Å². The minimum Gasteiger partial charge on any atom is -0.381 e. The first-order valence-corrected chi connectivity index (χ1v) is 4.83. The number of halogens is 2. The number of allylic oxidation sites excluding steroid dienone is 2. The van der Waals surface area contributed by atoms with E-state index in [2.05, 4.69) is 15.9 Å². The fourth-order valence-electron chi connectivity index (χ4n) is 1.11. The number of carbonyl (C=O) groups excluding carboxylic acids is 2.